The van der Waals surface area contributed by atoms with Crippen LogP contribution in [0.2, 0.25) is 0 Å². The second kappa shape index (κ2) is 5.65. The molecule has 5 nitrogen and oxygen atoms in total. The van der Waals surface area contributed by atoms with Crippen LogP contribution in [0.15, 0.2) is 36.5 Å². The fourth-order valence-electron chi connectivity index (χ4n) is 1.46. The van der Waals surface area contributed by atoms with Crippen molar-refractivity contribution in [3.8, 4) is 23.4 Å². The predicted molar refractivity (Wildman–Crippen MR) is 67.4 cm³/mol. The summed E-state index contributed by atoms with van der Waals surface area (Å²) in [7, 11) is 1.51. The summed E-state index contributed by atoms with van der Waals surface area (Å²) in [5.74, 6) is 1.31. The van der Waals surface area contributed by atoms with Crippen LogP contribution in [0.5, 0.6) is 17.4 Å². The number of hydrogen-bond donors (Lipinski definition) is 0. The molecule has 0 spiro atoms. The first-order valence-corrected chi connectivity index (χ1v) is 5.43. The molecule has 94 valence electrons. The Morgan fingerprint density at radius 3 is 2.63 bits per heavy atom. The third-order valence-corrected chi connectivity index (χ3v) is 2.36. The van der Waals surface area contributed by atoms with E-state index < -0.39 is 0 Å². The van der Waals surface area contributed by atoms with Crippen LogP contribution < -0.4 is 9.47 Å². The third-order valence-electron chi connectivity index (χ3n) is 2.36. The molecule has 0 amide bonds. The molecule has 1 aromatic heterocycles. The van der Waals surface area contributed by atoms with E-state index in [9.17, 15) is 4.79 Å². The highest BCUT2D eigenvalue weighted by Crippen LogP contribution is 2.26. The number of ether oxygens (including phenoxy) is 2. The summed E-state index contributed by atoms with van der Waals surface area (Å²) in [5, 5.41) is 8.90. The normalized spacial score (nSPS) is 9.47. The Kier molecular flexibility index (Phi) is 3.74. The summed E-state index contributed by atoms with van der Waals surface area (Å²) in [5.41, 5.74) is 0.898. The maximum absolute atomic E-state index is 10.5. The van der Waals surface area contributed by atoms with Gasteiger partial charge in [-0.25, -0.2) is 4.98 Å². The van der Waals surface area contributed by atoms with Crippen molar-refractivity contribution in [2.45, 2.75) is 0 Å². The molecule has 0 saturated heterocycles. The number of hydrogen-bond acceptors (Lipinski definition) is 5. The Labute approximate surface area is 110 Å². The summed E-state index contributed by atoms with van der Waals surface area (Å²) < 4.78 is 10.6. The van der Waals surface area contributed by atoms with Gasteiger partial charge in [-0.05, 0) is 18.2 Å². The van der Waals surface area contributed by atoms with Gasteiger partial charge >= 0.3 is 0 Å². The number of benzene rings is 1. The van der Waals surface area contributed by atoms with Crippen molar-refractivity contribution in [1.29, 1.82) is 5.26 Å². The molecule has 2 rings (SSSR count). The lowest BCUT2D eigenvalue weighted by molar-refractivity contribution is 0.112. The summed E-state index contributed by atoms with van der Waals surface area (Å²) in [6, 6.07) is 10.0. The van der Waals surface area contributed by atoms with E-state index in [-0.39, 0.29) is 0 Å². The van der Waals surface area contributed by atoms with Crippen molar-refractivity contribution in [3.05, 3.63) is 47.7 Å². The second-order valence-corrected chi connectivity index (χ2v) is 3.66. The molecule has 0 radical (unpaired) electrons. The minimum atomic E-state index is 0.336. The highest BCUT2D eigenvalue weighted by molar-refractivity contribution is 5.74. The first kappa shape index (κ1) is 12.6. The summed E-state index contributed by atoms with van der Waals surface area (Å²) in [6.45, 7) is 0. The number of nitrogens with zero attached hydrogens (tertiary/aromatic N) is 2. The van der Waals surface area contributed by atoms with Gasteiger partial charge < -0.3 is 9.47 Å². The molecule has 19 heavy (non-hydrogen) atoms. The number of rotatable bonds is 4. The lowest BCUT2D eigenvalue weighted by Gasteiger charge is -2.07. The molecule has 0 aliphatic carbocycles. The van der Waals surface area contributed by atoms with E-state index in [4.69, 9.17) is 14.7 Å². The standard InChI is InChI=1S/C14H10N2O3/c1-18-12-4-11(7-15)5-13(6-12)19-14-3-2-10(9-17)8-16-14/h2-6,8-9H,1H3. The molecule has 0 fully saturated rings. The highest BCUT2D eigenvalue weighted by Gasteiger charge is 2.04. The van der Waals surface area contributed by atoms with Crippen molar-refractivity contribution in [1.82, 2.24) is 4.98 Å². The predicted octanol–water partition coefficient (Wildman–Crippen LogP) is 2.57. The molecule has 0 unspecified atom stereocenters. The van der Waals surface area contributed by atoms with Crippen LogP contribution in [0.3, 0.4) is 0 Å². The molecular formula is C14H10N2O3. The molecule has 0 N–H and O–H groups in total. The molecule has 5 heteroatoms. The van der Waals surface area contributed by atoms with Gasteiger partial charge in [-0.15, -0.1) is 0 Å². The molecule has 0 bridgehead atoms. The van der Waals surface area contributed by atoms with Gasteiger partial charge in [-0.2, -0.15) is 5.26 Å². The quantitative estimate of drug-likeness (QED) is 0.784. The summed E-state index contributed by atoms with van der Waals surface area (Å²) in [4.78, 5) is 14.5. The average molecular weight is 254 g/mol. The number of aromatic nitrogens is 1. The number of methoxy groups -OCH3 is 1. The van der Waals surface area contributed by atoms with E-state index in [0.717, 1.165) is 0 Å². The zero-order valence-corrected chi connectivity index (χ0v) is 10.2. The van der Waals surface area contributed by atoms with E-state index in [1.54, 1.807) is 30.3 Å². The smallest absolute Gasteiger partial charge is 0.219 e. The van der Waals surface area contributed by atoms with Crippen molar-refractivity contribution in [2.75, 3.05) is 7.11 Å². The van der Waals surface area contributed by atoms with E-state index in [0.29, 0.717) is 34.8 Å². The van der Waals surface area contributed by atoms with Gasteiger partial charge in [-0.3, -0.25) is 4.79 Å². The van der Waals surface area contributed by atoms with Gasteiger partial charge in [0, 0.05) is 23.9 Å². The molecule has 0 aliphatic rings. The van der Waals surface area contributed by atoms with Gasteiger partial charge in [0.1, 0.15) is 11.5 Å². The van der Waals surface area contributed by atoms with Crippen molar-refractivity contribution in [2.24, 2.45) is 0 Å². The second-order valence-electron chi connectivity index (χ2n) is 3.66. The Morgan fingerprint density at radius 1 is 1.26 bits per heavy atom. The fraction of sp³-hybridized carbons (Fsp3) is 0.0714. The first-order chi connectivity index (χ1) is 9.25. The maximum atomic E-state index is 10.5. The maximum Gasteiger partial charge on any atom is 0.219 e. The lowest BCUT2D eigenvalue weighted by Crippen LogP contribution is -1.91. The number of carbonyl (C=O) groups is 1. The van der Waals surface area contributed by atoms with Crippen LogP contribution in [-0.4, -0.2) is 18.4 Å². The number of nitriles is 1. The van der Waals surface area contributed by atoms with E-state index in [1.807, 2.05) is 6.07 Å². The Morgan fingerprint density at radius 2 is 2.05 bits per heavy atom. The van der Waals surface area contributed by atoms with Gasteiger partial charge in [-0.1, -0.05) is 0 Å². The van der Waals surface area contributed by atoms with E-state index in [1.165, 1.54) is 13.3 Å². The SMILES string of the molecule is COc1cc(C#N)cc(Oc2ccc(C=O)cn2)c1. The van der Waals surface area contributed by atoms with Crippen LogP contribution in [0.1, 0.15) is 15.9 Å². The lowest BCUT2D eigenvalue weighted by atomic mass is 10.2. The molecule has 2 aromatic rings. The minimum Gasteiger partial charge on any atom is -0.497 e. The third kappa shape index (κ3) is 3.07. The molecule has 0 saturated carbocycles. The Bertz CT molecular complexity index is 630. The van der Waals surface area contributed by atoms with Gasteiger partial charge in [0.05, 0.1) is 18.7 Å². The fourth-order valence-corrected chi connectivity index (χ4v) is 1.46. The first-order valence-electron chi connectivity index (χ1n) is 5.43. The summed E-state index contributed by atoms with van der Waals surface area (Å²) in [6.07, 6.45) is 2.11. The van der Waals surface area contributed by atoms with Crippen LogP contribution in [0.4, 0.5) is 0 Å². The van der Waals surface area contributed by atoms with Gasteiger partial charge in [0.15, 0.2) is 6.29 Å². The monoisotopic (exact) mass is 254 g/mol. The average Bonchev–Trinajstić information content (AvgIpc) is 2.47. The van der Waals surface area contributed by atoms with Crippen molar-refractivity contribution in [3.63, 3.8) is 0 Å². The van der Waals surface area contributed by atoms with Gasteiger partial charge in [0.2, 0.25) is 5.88 Å². The number of carbonyl (C=O) groups excluding carboxylic acids is 1. The molecule has 0 atom stereocenters. The minimum absolute atomic E-state index is 0.336. The van der Waals surface area contributed by atoms with Crippen LogP contribution >= 0.6 is 0 Å². The van der Waals surface area contributed by atoms with Gasteiger partial charge in [0.25, 0.3) is 0 Å². The topological polar surface area (TPSA) is 72.2 Å². The Hall–Kier alpha value is -2.87. The molecule has 1 aromatic carbocycles. The highest BCUT2D eigenvalue weighted by atomic mass is 16.5. The zero-order chi connectivity index (χ0) is 13.7. The molecular weight excluding hydrogens is 244 g/mol. The molecule has 0 aliphatic heterocycles. The van der Waals surface area contributed by atoms with Crippen molar-refractivity contribution < 1.29 is 14.3 Å². The zero-order valence-electron chi connectivity index (χ0n) is 10.2. The number of aldehydes is 1. The van der Waals surface area contributed by atoms with Crippen LogP contribution in [-0.2, 0) is 0 Å². The number of pyridine rings is 1. The Balaban J connectivity index is 2.26. The van der Waals surface area contributed by atoms with Crippen molar-refractivity contribution >= 4 is 6.29 Å². The van der Waals surface area contributed by atoms with E-state index in [2.05, 4.69) is 4.98 Å². The van der Waals surface area contributed by atoms with Crippen LogP contribution in [0, 0.1) is 11.3 Å². The largest absolute Gasteiger partial charge is 0.497 e. The summed E-state index contributed by atoms with van der Waals surface area (Å²) >= 11 is 0. The van der Waals surface area contributed by atoms with E-state index >= 15 is 0 Å². The molecule has 1 heterocycles. The van der Waals surface area contributed by atoms with Crippen LogP contribution in [0.25, 0.3) is 0 Å².